The maximum absolute atomic E-state index is 13.1. The first-order valence-corrected chi connectivity index (χ1v) is 11.1. The number of carbonyl (C=O) groups excluding carboxylic acids is 1. The lowest BCUT2D eigenvalue weighted by Gasteiger charge is -2.11. The summed E-state index contributed by atoms with van der Waals surface area (Å²) in [6.45, 7) is 7.41. The molecule has 0 atom stereocenters. The Morgan fingerprint density at radius 2 is 1.88 bits per heavy atom. The summed E-state index contributed by atoms with van der Waals surface area (Å²) in [5, 5.41) is 2.97. The number of rotatable bonds is 8. The van der Waals surface area contributed by atoms with Gasteiger partial charge in [-0.25, -0.2) is 9.97 Å². The third kappa shape index (κ3) is 4.23. The van der Waals surface area contributed by atoms with Crippen LogP contribution in [0.5, 0.6) is 5.75 Å². The Bertz CT molecular complexity index is 1260. The molecule has 0 radical (unpaired) electrons. The third-order valence-electron chi connectivity index (χ3n) is 5.24. The van der Waals surface area contributed by atoms with Crippen LogP contribution in [0.4, 0.5) is 5.82 Å². The van der Waals surface area contributed by atoms with Crippen LogP contribution in [0.3, 0.4) is 0 Å². The van der Waals surface area contributed by atoms with Gasteiger partial charge < -0.3 is 15.8 Å². The van der Waals surface area contributed by atoms with Gasteiger partial charge in [-0.2, -0.15) is 0 Å². The highest BCUT2D eigenvalue weighted by Gasteiger charge is 2.25. The van der Waals surface area contributed by atoms with Gasteiger partial charge in [-0.1, -0.05) is 45.4 Å². The Balaban J connectivity index is 1.88. The van der Waals surface area contributed by atoms with Gasteiger partial charge in [0.2, 0.25) is 0 Å². The number of nitrogens with zero attached hydrogens (tertiary/aromatic N) is 3. The van der Waals surface area contributed by atoms with Crippen LogP contribution in [0.25, 0.3) is 27.9 Å². The number of nitrogens with two attached hydrogens (primary N) is 1. The Hall–Kier alpha value is -3.61. The molecular formula is C25H29N5O2. The van der Waals surface area contributed by atoms with Gasteiger partial charge in [0.1, 0.15) is 22.6 Å². The number of unbranched alkanes of at least 4 members (excludes halogenated alkanes) is 1. The molecule has 4 aromatic rings. The summed E-state index contributed by atoms with van der Waals surface area (Å²) in [6, 6.07) is 15.3. The normalized spacial score (nSPS) is 11.4. The van der Waals surface area contributed by atoms with E-state index in [0.717, 1.165) is 29.8 Å². The summed E-state index contributed by atoms with van der Waals surface area (Å²) in [5.41, 5.74) is 10.2. The maximum Gasteiger partial charge on any atom is 0.257 e. The standard InChI is InChI=1S/C25H29N5O2/c1-4-5-13-32-18-10-8-9-17(14-18)30-23(26)21(25(31)27-15-16(2)3)22-24(30)29-20-12-7-6-11-19(20)28-22/h6-12,14,16H,4-5,13,15,26H2,1-3H3,(H,27,31). The van der Waals surface area contributed by atoms with Crippen molar-refractivity contribution in [2.45, 2.75) is 33.6 Å². The zero-order valence-corrected chi connectivity index (χ0v) is 18.8. The van der Waals surface area contributed by atoms with E-state index in [9.17, 15) is 4.79 Å². The molecule has 2 aromatic carbocycles. The van der Waals surface area contributed by atoms with Crippen LogP contribution >= 0.6 is 0 Å². The number of para-hydroxylation sites is 2. The van der Waals surface area contributed by atoms with Gasteiger partial charge in [-0.3, -0.25) is 9.36 Å². The maximum atomic E-state index is 13.1. The van der Waals surface area contributed by atoms with Gasteiger partial charge in [0, 0.05) is 12.6 Å². The fraction of sp³-hybridized carbons (Fsp3) is 0.320. The molecule has 3 N–H and O–H groups in total. The molecule has 0 fully saturated rings. The Labute approximate surface area is 187 Å². The molecule has 166 valence electrons. The number of ether oxygens (including phenoxy) is 1. The average Bonchev–Trinajstić information content (AvgIpc) is 3.07. The minimum atomic E-state index is -0.250. The van der Waals surface area contributed by atoms with E-state index in [1.54, 1.807) is 4.57 Å². The molecule has 0 bridgehead atoms. The van der Waals surface area contributed by atoms with Crippen LogP contribution < -0.4 is 15.8 Å². The second-order valence-corrected chi connectivity index (χ2v) is 8.28. The fourth-order valence-electron chi connectivity index (χ4n) is 3.58. The zero-order valence-electron chi connectivity index (χ0n) is 18.8. The summed E-state index contributed by atoms with van der Waals surface area (Å²) in [7, 11) is 0. The average molecular weight is 432 g/mol. The highest BCUT2D eigenvalue weighted by molar-refractivity contribution is 6.11. The van der Waals surface area contributed by atoms with Crippen LogP contribution in [0.15, 0.2) is 48.5 Å². The molecule has 0 aliphatic rings. The van der Waals surface area contributed by atoms with Crippen molar-refractivity contribution in [2.24, 2.45) is 5.92 Å². The molecular weight excluding hydrogens is 402 g/mol. The highest BCUT2D eigenvalue weighted by Crippen LogP contribution is 2.32. The molecule has 32 heavy (non-hydrogen) atoms. The smallest absolute Gasteiger partial charge is 0.257 e. The van der Waals surface area contributed by atoms with Crippen LogP contribution in [0.1, 0.15) is 44.0 Å². The molecule has 0 spiro atoms. The summed E-state index contributed by atoms with van der Waals surface area (Å²) < 4.78 is 7.66. The lowest BCUT2D eigenvalue weighted by Crippen LogP contribution is -2.28. The van der Waals surface area contributed by atoms with E-state index in [2.05, 4.69) is 12.2 Å². The van der Waals surface area contributed by atoms with Crippen molar-refractivity contribution >= 4 is 33.9 Å². The van der Waals surface area contributed by atoms with Crippen molar-refractivity contribution < 1.29 is 9.53 Å². The van der Waals surface area contributed by atoms with Gasteiger partial charge >= 0.3 is 0 Å². The molecule has 4 rings (SSSR count). The van der Waals surface area contributed by atoms with Gasteiger partial charge in [0.25, 0.3) is 5.91 Å². The summed E-state index contributed by atoms with van der Waals surface area (Å²) in [5.74, 6) is 1.12. The molecule has 2 heterocycles. The molecule has 1 amide bonds. The Morgan fingerprint density at radius 1 is 1.12 bits per heavy atom. The topological polar surface area (TPSA) is 95.1 Å². The van der Waals surface area contributed by atoms with E-state index in [4.69, 9.17) is 20.4 Å². The molecule has 7 heteroatoms. The van der Waals surface area contributed by atoms with Gasteiger partial charge in [0.05, 0.1) is 23.3 Å². The van der Waals surface area contributed by atoms with Crippen LogP contribution in [-0.4, -0.2) is 33.6 Å². The second-order valence-electron chi connectivity index (χ2n) is 8.28. The van der Waals surface area contributed by atoms with E-state index in [0.29, 0.717) is 47.1 Å². The van der Waals surface area contributed by atoms with Crippen molar-refractivity contribution in [3.63, 3.8) is 0 Å². The number of hydrogen-bond acceptors (Lipinski definition) is 5. The number of hydrogen-bond donors (Lipinski definition) is 2. The first kappa shape index (κ1) is 21.6. The van der Waals surface area contributed by atoms with Crippen LogP contribution in [0, 0.1) is 5.92 Å². The predicted octanol–water partition coefficient (Wildman–Crippen LogP) is 4.72. The van der Waals surface area contributed by atoms with E-state index in [1.807, 2.05) is 62.4 Å². The van der Waals surface area contributed by atoms with Crippen molar-refractivity contribution in [3.05, 3.63) is 54.1 Å². The summed E-state index contributed by atoms with van der Waals surface area (Å²) in [4.78, 5) is 22.7. The SMILES string of the molecule is CCCCOc1cccc(-n2c(N)c(C(=O)NCC(C)C)c3nc4ccccc4nc32)c1. The number of anilines is 1. The van der Waals surface area contributed by atoms with Crippen molar-refractivity contribution in [1.82, 2.24) is 19.9 Å². The van der Waals surface area contributed by atoms with E-state index in [-0.39, 0.29) is 5.91 Å². The fourth-order valence-corrected chi connectivity index (χ4v) is 3.58. The molecule has 0 saturated heterocycles. The molecule has 7 nitrogen and oxygen atoms in total. The van der Waals surface area contributed by atoms with E-state index < -0.39 is 0 Å². The van der Waals surface area contributed by atoms with E-state index in [1.165, 1.54) is 0 Å². The number of nitrogen functional groups attached to an aromatic ring is 1. The number of carbonyl (C=O) groups is 1. The molecule has 0 aliphatic heterocycles. The molecule has 0 aliphatic carbocycles. The predicted molar refractivity (Wildman–Crippen MR) is 128 cm³/mol. The quantitative estimate of drug-likeness (QED) is 0.394. The summed E-state index contributed by atoms with van der Waals surface area (Å²) >= 11 is 0. The monoisotopic (exact) mass is 431 g/mol. The van der Waals surface area contributed by atoms with Crippen molar-refractivity contribution in [3.8, 4) is 11.4 Å². The first-order chi connectivity index (χ1) is 15.5. The molecule has 2 aromatic heterocycles. The van der Waals surface area contributed by atoms with E-state index >= 15 is 0 Å². The van der Waals surface area contributed by atoms with Gasteiger partial charge in [-0.15, -0.1) is 0 Å². The minimum Gasteiger partial charge on any atom is -0.494 e. The largest absolute Gasteiger partial charge is 0.494 e. The highest BCUT2D eigenvalue weighted by atomic mass is 16.5. The first-order valence-electron chi connectivity index (χ1n) is 11.1. The lowest BCUT2D eigenvalue weighted by molar-refractivity contribution is 0.0951. The third-order valence-corrected chi connectivity index (χ3v) is 5.24. The minimum absolute atomic E-state index is 0.250. The number of nitrogens with one attached hydrogen (secondary N) is 1. The second kappa shape index (κ2) is 9.26. The van der Waals surface area contributed by atoms with Crippen LogP contribution in [-0.2, 0) is 0 Å². The number of aromatic nitrogens is 3. The van der Waals surface area contributed by atoms with Crippen molar-refractivity contribution in [2.75, 3.05) is 18.9 Å². The Morgan fingerprint density at radius 3 is 2.59 bits per heavy atom. The number of fused-ring (bicyclic) bond motifs is 2. The summed E-state index contributed by atoms with van der Waals surface area (Å²) in [6.07, 6.45) is 2.04. The molecule has 0 saturated carbocycles. The van der Waals surface area contributed by atoms with Gasteiger partial charge in [0.15, 0.2) is 5.65 Å². The van der Waals surface area contributed by atoms with Gasteiger partial charge in [-0.05, 0) is 36.6 Å². The number of amides is 1. The number of benzene rings is 2. The Kier molecular flexibility index (Phi) is 6.25. The zero-order chi connectivity index (χ0) is 22.7. The lowest BCUT2D eigenvalue weighted by atomic mass is 10.2. The van der Waals surface area contributed by atoms with Crippen LogP contribution in [0.2, 0.25) is 0 Å². The molecule has 0 unspecified atom stereocenters. The van der Waals surface area contributed by atoms with Crippen molar-refractivity contribution in [1.29, 1.82) is 0 Å².